The van der Waals surface area contributed by atoms with Gasteiger partial charge in [0.1, 0.15) is 17.8 Å². The minimum absolute atomic E-state index is 0.0843. The van der Waals surface area contributed by atoms with Crippen molar-refractivity contribution in [2.45, 2.75) is 82.5 Å². The van der Waals surface area contributed by atoms with E-state index in [4.69, 9.17) is 9.47 Å². The van der Waals surface area contributed by atoms with Crippen LogP contribution >= 0.6 is 0 Å². The summed E-state index contributed by atoms with van der Waals surface area (Å²) in [6.07, 6.45) is -0.0889. The van der Waals surface area contributed by atoms with E-state index in [9.17, 15) is 24.9 Å². The van der Waals surface area contributed by atoms with Crippen molar-refractivity contribution in [1.29, 1.82) is 0 Å². The van der Waals surface area contributed by atoms with Crippen LogP contribution in [0.4, 0.5) is 0 Å². The van der Waals surface area contributed by atoms with Crippen molar-refractivity contribution in [2.24, 2.45) is 34.0 Å². The van der Waals surface area contributed by atoms with Crippen LogP contribution in [0.25, 0.3) is 0 Å². The minimum atomic E-state index is -1.52. The summed E-state index contributed by atoms with van der Waals surface area (Å²) in [4.78, 5) is 29.4. The number of carbonyl (C=O) groups is 2. The highest BCUT2D eigenvalue weighted by atomic mass is 16.6. The highest BCUT2D eigenvalue weighted by molar-refractivity contribution is 5.90. The zero-order valence-electron chi connectivity index (χ0n) is 24.2. The lowest BCUT2D eigenvalue weighted by Crippen LogP contribution is -2.82. The van der Waals surface area contributed by atoms with Crippen molar-refractivity contribution in [3.8, 4) is 0 Å². The maximum absolute atomic E-state index is 13.7. The molecule has 220 valence electrons. The number of hydrogen-bond acceptors (Lipinski definition) is 8. The van der Waals surface area contributed by atoms with Crippen molar-refractivity contribution < 1.29 is 34.4 Å². The number of allylic oxidation sites excluding steroid dienone is 1. The molecule has 1 aromatic carbocycles. The van der Waals surface area contributed by atoms with Gasteiger partial charge in [-0.2, -0.15) is 0 Å². The van der Waals surface area contributed by atoms with Crippen LogP contribution in [0.5, 0.6) is 0 Å². The summed E-state index contributed by atoms with van der Waals surface area (Å²) >= 11 is 0. The first-order chi connectivity index (χ1) is 19.4. The van der Waals surface area contributed by atoms with E-state index in [0.29, 0.717) is 36.9 Å². The molecule has 8 heteroatoms. The Bertz CT molecular complexity index is 1360. The highest BCUT2D eigenvalue weighted by Gasteiger charge is 2.90. The maximum atomic E-state index is 13.7. The summed E-state index contributed by atoms with van der Waals surface area (Å²) in [6.45, 7) is 10.4. The predicted octanol–water partition coefficient (Wildman–Crippen LogP) is 2.87. The first kappa shape index (κ1) is 27.3. The summed E-state index contributed by atoms with van der Waals surface area (Å²) < 4.78 is 12.8. The van der Waals surface area contributed by atoms with Gasteiger partial charge in [0.15, 0.2) is 0 Å². The molecule has 6 fully saturated rings. The molecule has 5 aliphatic carbocycles. The van der Waals surface area contributed by atoms with E-state index in [-0.39, 0.29) is 24.3 Å². The fourth-order valence-corrected chi connectivity index (χ4v) is 11.6. The SMILES string of the molecule is C=C1C[C@@]23C[C@H](O)[C@]4(O)[C@@]5(C)C[C@H](O)C[C@@]46[C@@H]2[C@H](OC(=O)c2ccccc2)[C@H](OC(=O)/C(C)=C/C)[C@@H]1[C@@H]3[C@H]6N(C)C5. The maximum Gasteiger partial charge on any atom is 0.338 e. The van der Waals surface area contributed by atoms with E-state index < -0.39 is 64.1 Å². The van der Waals surface area contributed by atoms with Crippen LogP contribution in [0.2, 0.25) is 0 Å². The van der Waals surface area contributed by atoms with Crippen molar-refractivity contribution in [3.05, 3.63) is 59.7 Å². The van der Waals surface area contributed by atoms with Gasteiger partial charge in [-0.15, -0.1) is 0 Å². The Morgan fingerprint density at radius 2 is 1.80 bits per heavy atom. The number of piperidine rings is 1. The Morgan fingerprint density at radius 3 is 2.49 bits per heavy atom. The van der Waals surface area contributed by atoms with Crippen molar-refractivity contribution in [3.63, 3.8) is 0 Å². The number of aliphatic hydroxyl groups excluding tert-OH is 2. The van der Waals surface area contributed by atoms with Crippen molar-refractivity contribution in [2.75, 3.05) is 13.6 Å². The number of ether oxygens (including phenoxy) is 2. The van der Waals surface area contributed by atoms with Gasteiger partial charge in [-0.25, -0.2) is 9.59 Å². The Balaban J connectivity index is 1.46. The summed E-state index contributed by atoms with van der Waals surface area (Å²) in [7, 11) is 2.07. The molecule has 1 saturated heterocycles. The fraction of sp³-hybridized carbons (Fsp3) is 0.636. The molecule has 2 spiro atoms. The van der Waals surface area contributed by atoms with Crippen molar-refractivity contribution >= 4 is 11.9 Å². The van der Waals surface area contributed by atoms with Crippen LogP contribution < -0.4 is 0 Å². The molecule has 6 bridgehead atoms. The second-order valence-electron chi connectivity index (χ2n) is 14.2. The summed E-state index contributed by atoms with van der Waals surface area (Å²) in [5.74, 6) is -1.86. The topological polar surface area (TPSA) is 117 Å². The lowest BCUT2D eigenvalue weighted by molar-refractivity contribution is -0.341. The molecule has 0 radical (unpaired) electrons. The number of nitrogens with zero attached hydrogens (tertiary/aromatic N) is 1. The Hall–Kier alpha value is -2.52. The first-order valence-corrected chi connectivity index (χ1v) is 14.9. The second kappa shape index (κ2) is 8.53. The van der Waals surface area contributed by atoms with Gasteiger partial charge in [0.2, 0.25) is 0 Å². The number of rotatable bonds is 4. The monoisotopic (exact) mass is 563 g/mol. The third-order valence-electron chi connectivity index (χ3n) is 12.4. The molecule has 1 heterocycles. The first-order valence-electron chi connectivity index (χ1n) is 14.9. The quantitative estimate of drug-likeness (QED) is 0.291. The van der Waals surface area contributed by atoms with E-state index in [2.05, 4.69) is 18.5 Å². The third-order valence-corrected chi connectivity index (χ3v) is 12.4. The number of likely N-dealkylation sites (tertiary alicyclic amines) is 1. The van der Waals surface area contributed by atoms with Crippen LogP contribution in [0.3, 0.4) is 0 Å². The third kappa shape index (κ3) is 3.04. The smallest absolute Gasteiger partial charge is 0.338 e. The summed E-state index contributed by atoms with van der Waals surface area (Å²) in [5, 5.41) is 36.3. The molecule has 0 amide bonds. The van der Waals surface area contributed by atoms with Gasteiger partial charge < -0.3 is 29.7 Å². The largest absolute Gasteiger partial charge is 0.454 e. The summed E-state index contributed by atoms with van der Waals surface area (Å²) in [5.41, 5.74) is -2.03. The molecule has 8 nitrogen and oxygen atoms in total. The van der Waals surface area contributed by atoms with Crippen LogP contribution in [0.15, 0.2) is 54.1 Å². The normalized spacial score (nSPS) is 49.5. The van der Waals surface area contributed by atoms with Crippen LogP contribution in [-0.4, -0.2) is 81.8 Å². The zero-order chi connectivity index (χ0) is 29.3. The van der Waals surface area contributed by atoms with Gasteiger partial charge in [0.05, 0.1) is 17.8 Å². The Labute approximate surface area is 241 Å². The molecular weight excluding hydrogens is 522 g/mol. The van der Waals surface area contributed by atoms with Gasteiger partial charge in [-0.3, -0.25) is 0 Å². The zero-order valence-corrected chi connectivity index (χ0v) is 24.2. The van der Waals surface area contributed by atoms with E-state index >= 15 is 0 Å². The van der Waals surface area contributed by atoms with Crippen LogP contribution in [0.1, 0.15) is 56.8 Å². The average molecular weight is 564 g/mol. The van der Waals surface area contributed by atoms with E-state index in [1.54, 1.807) is 44.2 Å². The van der Waals surface area contributed by atoms with Gasteiger partial charge >= 0.3 is 11.9 Å². The van der Waals surface area contributed by atoms with E-state index in [0.717, 1.165) is 5.57 Å². The Morgan fingerprint density at radius 1 is 1.10 bits per heavy atom. The van der Waals surface area contributed by atoms with Crippen molar-refractivity contribution in [1.82, 2.24) is 4.90 Å². The average Bonchev–Trinajstić information content (AvgIpc) is 3.20. The molecule has 41 heavy (non-hydrogen) atoms. The van der Waals surface area contributed by atoms with Gasteiger partial charge in [0.25, 0.3) is 0 Å². The minimum Gasteiger partial charge on any atom is -0.454 e. The molecule has 12 atom stereocenters. The molecule has 1 aliphatic heterocycles. The number of hydrogen-bond donors (Lipinski definition) is 3. The number of benzene rings is 1. The van der Waals surface area contributed by atoms with E-state index in [1.165, 1.54) is 0 Å². The number of esters is 2. The van der Waals surface area contributed by atoms with Gasteiger partial charge in [-0.05, 0) is 70.0 Å². The molecule has 0 unspecified atom stereocenters. The molecule has 7 rings (SSSR count). The van der Waals surface area contributed by atoms with Gasteiger partial charge in [-0.1, -0.05) is 43.4 Å². The standard InChI is InChI=1S/C33H41NO7/c1-6-17(2)28(37)40-24-22-18(3)12-31-15-21(36)33(39)30(4)13-20(35)14-32(33,27(23(22)31)34(5)16-30)26(31)25(24)41-29(38)19-10-8-7-9-11-19/h6-11,20-27,35-36,39H,3,12-16H2,1-2,4-5H3/b17-6+/t20-,21-,22-,23+,24+,25+,26+,27+,30-,31-,32-,33-/m0/s1. The molecule has 6 aliphatic rings. The molecule has 1 aromatic rings. The van der Waals surface area contributed by atoms with E-state index in [1.807, 2.05) is 13.0 Å². The molecule has 3 N–H and O–H groups in total. The van der Waals surface area contributed by atoms with Gasteiger partial charge in [0, 0.05) is 40.8 Å². The fourth-order valence-electron chi connectivity index (χ4n) is 11.6. The highest BCUT2D eigenvalue weighted by Crippen LogP contribution is 2.84. The number of aliphatic hydroxyl groups is 3. The second-order valence-corrected chi connectivity index (χ2v) is 14.2. The number of carbonyl (C=O) groups excluding carboxylic acids is 2. The predicted molar refractivity (Wildman–Crippen MR) is 149 cm³/mol. The molecule has 0 aromatic heterocycles. The molecule has 5 saturated carbocycles. The lowest BCUT2D eigenvalue weighted by Gasteiger charge is -2.72. The Kier molecular flexibility index (Phi) is 5.68. The van der Waals surface area contributed by atoms with Crippen LogP contribution in [0, 0.1) is 34.0 Å². The molecular formula is C33H41NO7. The lowest BCUT2D eigenvalue weighted by atomic mass is 9.38. The summed E-state index contributed by atoms with van der Waals surface area (Å²) in [6, 6.07) is 8.55. The van der Waals surface area contributed by atoms with Crippen LogP contribution in [-0.2, 0) is 14.3 Å².